The standard InChI is InChI=1S/C25H29ClN2O.ClH/c1-2-25(22-10-3-4-11-23(22)27-24(25)29)14-5-6-15-28-16-12-19(13-17-28)20-8-7-9-21(26)18-20;/h3-4,7-12,18H,2,5-6,13-17H2,1H3,(H,27,29);1H. The van der Waals surface area contributed by atoms with Gasteiger partial charge < -0.3 is 5.32 Å². The van der Waals surface area contributed by atoms with E-state index in [9.17, 15) is 4.79 Å². The number of hydrogen-bond donors (Lipinski definition) is 1. The summed E-state index contributed by atoms with van der Waals surface area (Å²) in [7, 11) is 0. The van der Waals surface area contributed by atoms with Crippen LogP contribution in [0.4, 0.5) is 5.69 Å². The van der Waals surface area contributed by atoms with Crippen LogP contribution >= 0.6 is 24.0 Å². The molecule has 2 aliphatic heterocycles. The van der Waals surface area contributed by atoms with Crippen LogP contribution in [0.25, 0.3) is 5.57 Å². The van der Waals surface area contributed by atoms with E-state index < -0.39 is 0 Å². The first-order valence-electron chi connectivity index (χ1n) is 10.7. The molecule has 160 valence electrons. The van der Waals surface area contributed by atoms with Crippen LogP contribution < -0.4 is 5.32 Å². The minimum atomic E-state index is -0.349. The summed E-state index contributed by atoms with van der Waals surface area (Å²) in [5.74, 6) is 0.174. The normalized spacial score (nSPS) is 20.9. The summed E-state index contributed by atoms with van der Waals surface area (Å²) < 4.78 is 0. The van der Waals surface area contributed by atoms with Crippen LogP contribution in [0.2, 0.25) is 5.02 Å². The molecule has 0 spiro atoms. The number of unbranched alkanes of at least 4 members (excludes halogenated alkanes) is 1. The smallest absolute Gasteiger partial charge is 0.235 e. The van der Waals surface area contributed by atoms with E-state index in [-0.39, 0.29) is 23.7 Å². The minimum Gasteiger partial charge on any atom is -0.325 e. The first-order chi connectivity index (χ1) is 14.1. The van der Waals surface area contributed by atoms with Gasteiger partial charge in [-0.1, -0.05) is 61.4 Å². The third-order valence-electron chi connectivity index (χ3n) is 6.55. The second-order valence-electron chi connectivity index (χ2n) is 8.18. The number of carbonyl (C=O) groups excluding carboxylic acids is 1. The lowest BCUT2D eigenvalue weighted by atomic mass is 9.75. The molecule has 0 aliphatic carbocycles. The molecule has 2 aliphatic rings. The first-order valence-corrected chi connectivity index (χ1v) is 11.1. The van der Waals surface area contributed by atoms with Crippen LogP contribution in [-0.2, 0) is 10.2 Å². The largest absolute Gasteiger partial charge is 0.325 e. The number of nitrogens with zero attached hydrogens (tertiary/aromatic N) is 1. The Morgan fingerprint density at radius 1 is 1.13 bits per heavy atom. The van der Waals surface area contributed by atoms with Gasteiger partial charge in [-0.15, -0.1) is 12.4 Å². The van der Waals surface area contributed by atoms with E-state index in [2.05, 4.69) is 41.4 Å². The molecule has 2 aromatic rings. The number of halogens is 2. The van der Waals surface area contributed by atoms with E-state index >= 15 is 0 Å². The van der Waals surface area contributed by atoms with E-state index in [0.717, 1.165) is 62.4 Å². The van der Waals surface area contributed by atoms with Crippen molar-refractivity contribution in [2.45, 2.75) is 44.4 Å². The zero-order valence-electron chi connectivity index (χ0n) is 17.5. The molecule has 4 rings (SSSR count). The van der Waals surface area contributed by atoms with Crippen molar-refractivity contribution < 1.29 is 4.79 Å². The average Bonchev–Trinajstić information content (AvgIpc) is 3.03. The van der Waals surface area contributed by atoms with Gasteiger partial charge in [-0.05, 0) is 67.1 Å². The van der Waals surface area contributed by atoms with Gasteiger partial charge >= 0.3 is 0 Å². The maximum atomic E-state index is 12.7. The van der Waals surface area contributed by atoms with Crippen molar-refractivity contribution in [1.82, 2.24) is 4.90 Å². The Labute approximate surface area is 190 Å². The van der Waals surface area contributed by atoms with Crippen molar-refractivity contribution in [2.75, 3.05) is 25.0 Å². The number of nitrogens with one attached hydrogen (secondary N) is 1. The quantitative estimate of drug-likeness (QED) is 0.506. The number of fused-ring (bicyclic) bond motifs is 1. The molecule has 1 unspecified atom stereocenters. The van der Waals surface area contributed by atoms with Crippen LogP contribution in [0.5, 0.6) is 0 Å². The monoisotopic (exact) mass is 444 g/mol. The third kappa shape index (κ3) is 4.59. The molecule has 5 heteroatoms. The van der Waals surface area contributed by atoms with Gasteiger partial charge in [0.15, 0.2) is 0 Å². The van der Waals surface area contributed by atoms with Crippen LogP contribution in [0, 0.1) is 0 Å². The van der Waals surface area contributed by atoms with Gasteiger partial charge in [-0.25, -0.2) is 0 Å². The second-order valence-corrected chi connectivity index (χ2v) is 8.62. The van der Waals surface area contributed by atoms with Crippen molar-refractivity contribution in [2.24, 2.45) is 0 Å². The molecule has 0 fully saturated rings. The molecule has 1 N–H and O–H groups in total. The van der Waals surface area contributed by atoms with Crippen molar-refractivity contribution in [3.05, 3.63) is 70.8 Å². The van der Waals surface area contributed by atoms with Gasteiger partial charge in [0, 0.05) is 23.8 Å². The Hall–Kier alpha value is -1.81. The highest BCUT2D eigenvalue weighted by Gasteiger charge is 2.44. The predicted molar refractivity (Wildman–Crippen MR) is 129 cm³/mol. The van der Waals surface area contributed by atoms with Gasteiger partial charge in [0.25, 0.3) is 0 Å². The fourth-order valence-electron chi connectivity index (χ4n) is 4.78. The summed E-state index contributed by atoms with van der Waals surface area (Å²) >= 11 is 6.13. The maximum Gasteiger partial charge on any atom is 0.235 e. The zero-order chi connectivity index (χ0) is 20.3. The highest BCUT2D eigenvalue weighted by Crippen LogP contribution is 2.43. The molecular formula is C25H30Cl2N2O. The topological polar surface area (TPSA) is 32.3 Å². The lowest BCUT2D eigenvalue weighted by Crippen LogP contribution is -2.34. The molecule has 1 atom stereocenters. The molecule has 1 amide bonds. The van der Waals surface area contributed by atoms with Crippen LogP contribution in [-0.4, -0.2) is 30.4 Å². The molecule has 0 saturated carbocycles. The second kappa shape index (κ2) is 10.00. The fraction of sp³-hybridized carbons (Fsp3) is 0.400. The highest BCUT2D eigenvalue weighted by atomic mass is 35.5. The molecule has 0 aromatic heterocycles. The Morgan fingerprint density at radius 2 is 1.97 bits per heavy atom. The average molecular weight is 445 g/mol. The summed E-state index contributed by atoms with van der Waals surface area (Å²) in [5, 5.41) is 3.89. The van der Waals surface area contributed by atoms with Gasteiger partial charge in [0.05, 0.1) is 5.41 Å². The Balaban J connectivity index is 0.00000256. The molecule has 2 aromatic carbocycles. The van der Waals surface area contributed by atoms with E-state index in [0.29, 0.717) is 0 Å². The lowest BCUT2D eigenvalue weighted by molar-refractivity contribution is -0.121. The van der Waals surface area contributed by atoms with E-state index in [4.69, 9.17) is 11.6 Å². The van der Waals surface area contributed by atoms with Crippen LogP contribution in [0.1, 0.15) is 50.2 Å². The van der Waals surface area contributed by atoms with E-state index in [1.54, 1.807) is 0 Å². The summed E-state index contributed by atoms with van der Waals surface area (Å²) in [6.07, 6.45) is 7.36. The summed E-state index contributed by atoms with van der Waals surface area (Å²) in [5.41, 5.74) is 4.47. The number of rotatable bonds is 7. The Morgan fingerprint density at radius 3 is 2.70 bits per heavy atom. The zero-order valence-corrected chi connectivity index (χ0v) is 19.1. The highest BCUT2D eigenvalue weighted by molar-refractivity contribution is 6.30. The number of amides is 1. The molecular weight excluding hydrogens is 415 g/mol. The molecule has 30 heavy (non-hydrogen) atoms. The maximum absolute atomic E-state index is 12.7. The Kier molecular flexibility index (Phi) is 7.62. The van der Waals surface area contributed by atoms with Gasteiger partial charge in [0.1, 0.15) is 0 Å². The molecule has 0 bridgehead atoms. The summed E-state index contributed by atoms with van der Waals surface area (Å²) in [6.45, 7) is 5.29. The molecule has 0 saturated heterocycles. The number of carbonyl (C=O) groups is 1. The number of benzene rings is 2. The van der Waals surface area contributed by atoms with Gasteiger partial charge in [-0.2, -0.15) is 0 Å². The van der Waals surface area contributed by atoms with Gasteiger partial charge in [-0.3, -0.25) is 9.69 Å². The van der Waals surface area contributed by atoms with Crippen molar-refractivity contribution in [3.8, 4) is 0 Å². The van der Waals surface area contributed by atoms with Crippen LogP contribution in [0.3, 0.4) is 0 Å². The first kappa shape index (κ1) is 22.9. The predicted octanol–water partition coefficient (Wildman–Crippen LogP) is 6.32. The third-order valence-corrected chi connectivity index (χ3v) is 6.78. The molecule has 3 nitrogen and oxygen atoms in total. The summed E-state index contributed by atoms with van der Waals surface area (Å²) in [6, 6.07) is 16.3. The van der Waals surface area contributed by atoms with Crippen molar-refractivity contribution in [3.63, 3.8) is 0 Å². The van der Waals surface area contributed by atoms with E-state index in [1.807, 2.05) is 30.3 Å². The number of para-hydroxylation sites is 1. The minimum absolute atomic E-state index is 0. The van der Waals surface area contributed by atoms with Crippen molar-refractivity contribution in [1.29, 1.82) is 0 Å². The Bertz CT molecular complexity index is 927. The lowest BCUT2D eigenvalue weighted by Gasteiger charge is -2.28. The molecule has 2 heterocycles. The van der Waals surface area contributed by atoms with Crippen LogP contribution in [0.15, 0.2) is 54.6 Å². The number of hydrogen-bond acceptors (Lipinski definition) is 2. The SMILES string of the molecule is CCC1(CCCCN2CC=C(c3cccc(Cl)c3)CC2)C(=O)Nc2ccccc21.Cl. The fourth-order valence-corrected chi connectivity index (χ4v) is 4.97. The number of anilines is 1. The van der Waals surface area contributed by atoms with Crippen molar-refractivity contribution >= 4 is 41.2 Å². The molecule has 0 radical (unpaired) electrons. The van der Waals surface area contributed by atoms with Gasteiger partial charge in [0.2, 0.25) is 5.91 Å². The summed E-state index contributed by atoms with van der Waals surface area (Å²) in [4.78, 5) is 15.2. The van der Waals surface area contributed by atoms with E-state index in [1.165, 1.54) is 16.7 Å².